The Balaban J connectivity index is 1.93. The van der Waals surface area contributed by atoms with Gasteiger partial charge in [-0.05, 0) is 12.1 Å². The lowest BCUT2D eigenvalue weighted by atomic mass is 10.2. The summed E-state index contributed by atoms with van der Waals surface area (Å²) >= 11 is 6.99. The summed E-state index contributed by atoms with van der Waals surface area (Å²) in [4.78, 5) is 35.3. The van der Waals surface area contributed by atoms with Crippen LogP contribution in [0.5, 0.6) is 0 Å². The van der Waals surface area contributed by atoms with Crippen LogP contribution in [-0.4, -0.2) is 24.9 Å². The number of rotatable bonds is 4. The van der Waals surface area contributed by atoms with Crippen molar-refractivity contribution in [3.63, 3.8) is 0 Å². The van der Waals surface area contributed by atoms with Crippen molar-refractivity contribution in [2.75, 3.05) is 0 Å². The molecule has 0 saturated carbocycles. The number of fused-ring (bicyclic) bond motifs is 1. The van der Waals surface area contributed by atoms with Crippen LogP contribution < -0.4 is 5.69 Å². The van der Waals surface area contributed by atoms with Gasteiger partial charge < -0.3 is 4.98 Å². The van der Waals surface area contributed by atoms with Gasteiger partial charge in [0.25, 0.3) is 5.69 Å². The van der Waals surface area contributed by atoms with Crippen molar-refractivity contribution in [3.05, 3.63) is 55.7 Å². The molecular weight excluding hydrogens is 330 g/mol. The highest BCUT2D eigenvalue weighted by Gasteiger charge is 2.16. The minimum absolute atomic E-state index is 0.0642. The Morgan fingerprint density at radius 2 is 2.23 bits per heavy atom. The molecule has 1 aromatic carbocycles. The molecule has 0 aliphatic carbocycles. The molecule has 0 spiro atoms. The minimum atomic E-state index is -0.521. The predicted octanol–water partition coefficient (Wildman–Crippen LogP) is 2.50. The highest BCUT2D eigenvalue weighted by atomic mass is 35.5. The second-order valence-electron chi connectivity index (χ2n) is 4.29. The maximum Gasteiger partial charge on any atom is 0.347 e. The predicted molar refractivity (Wildman–Crippen MR) is 82.2 cm³/mol. The zero-order chi connectivity index (χ0) is 15.7. The molecule has 2 aromatic heterocycles. The molecule has 3 aromatic rings. The summed E-state index contributed by atoms with van der Waals surface area (Å²) in [7, 11) is 0. The third kappa shape index (κ3) is 2.81. The van der Waals surface area contributed by atoms with E-state index in [-0.39, 0.29) is 11.4 Å². The van der Waals surface area contributed by atoms with Crippen LogP contribution in [0.15, 0.2) is 34.3 Å². The fraction of sp³-hybridized carbons (Fsp3) is 0.0833. The Morgan fingerprint density at radius 3 is 3.00 bits per heavy atom. The first-order valence-corrected chi connectivity index (χ1v) is 7.40. The summed E-state index contributed by atoms with van der Waals surface area (Å²) < 4.78 is 0. The van der Waals surface area contributed by atoms with Crippen LogP contribution >= 0.6 is 23.4 Å². The van der Waals surface area contributed by atoms with Gasteiger partial charge in [-0.1, -0.05) is 23.4 Å². The van der Waals surface area contributed by atoms with Crippen molar-refractivity contribution in [1.82, 2.24) is 19.9 Å². The van der Waals surface area contributed by atoms with Crippen LogP contribution in [0.4, 0.5) is 5.69 Å². The third-order valence-electron chi connectivity index (χ3n) is 2.89. The summed E-state index contributed by atoms with van der Waals surface area (Å²) in [6.45, 7) is 0. The summed E-state index contributed by atoms with van der Waals surface area (Å²) in [5, 5.41) is 11.8. The molecule has 10 heteroatoms. The number of hydrogen-bond acceptors (Lipinski definition) is 6. The molecule has 3 rings (SSSR count). The Morgan fingerprint density at radius 1 is 1.41 bits per heavy atom. The van der Waals surface area contributed by atoms with Gasteiger partial charge in [-0.3, -0.25) is 15.1 Å². The van der Waals surface area contributed by atoms with Crippen molar-refractivity contribution in [2.24, 2.45) is 0 Å². The van der Waals surface area contributed by atoms with Gasteiger partial charge in [0.2, 0.25) is 0 Å². The highest BCUT2D eigenvalue weighted by Crippen LogP contribution is 2.30. The molecule has 112 valence electrons. The number of nitrogens with zero attached hydrogens (tertiary/aromatic N) is 3. The molecule has 8 nitrogen and oxygen atoms in total. The van der Waals surface area contributed by atoms with Gasteiger partial charge >= 0.3 is 5.69 Å². The van der Waals surface area contributed by atoms with E-state index in [4.69, 9.17) is 11.6 Å². The molecule has 2 heterocycles. The Hall–Kier alpha value is -2.39. The molecule has 0 aliphatic heterocycles. The lowest BCUT2D eigenvalue weighted by molar-refractivity contribution is -0.385. The zero-order valence-electron chi connectivity index (χ0n) is 10.9. The largest absolute Gasteiger partial charge is 0.347 e. The van der Waals surface area contributed by atoms with Crippen molar-refractivity contribution in [1.29, 1.82) is 0 Å². The first-order valence-electron chi connectivity index (χ1n) is 6.03. The van der Waals surface area contributed by atoms with Crippen LogP contribution in [0, 0.1) is 10.1 Å². The van der Waals surface area contributed by atoms with Gasteiger partial charge in [0.1, 0.15) is 10.5 Å². The number of nitrogens with one attached hydrogen (secondary N) is 2. The standard InChI is InChI=1S/C12H8ClN5O3S/c13-7-2-1-6(8(3-7)18(20)21)4-22-11-9-10(15-5-14-9)16-12(19)17-11/h1-3,5H,4H2,(H2,14,15,16,17,19). The smallest absolute Gasteiger partial charge is 0.341 e. The average molecular weight is 338 g/mol. The lowest BCUT2D eigenvalue weighted by Gasteiger charge is -2.04. The molecule has 0 amide bonds. The number of halogens is 1. The second kappa shape index (κ2) is 5.78. The molecule has 0 bridgehead atoms. The number of aromatic amines is 2. The van der Waals surface area contributed by atoms with E-state index in [0.717, 1.165) is 0 Å². The van der Waals surface area contributed by atoms with Gasteiger partial charge in [0.05, 0.1) is 11.3 Å². The highest BCUT2D eigenvalue weighted by molar-refractivity contribution is 7.98. The van der Waals surface area contributed by atoms with E-state index < -0.39 is 10.6 Å². The van der Waals surface area contributed by atoms with E-state index in [1.165, 1.54) is 24.2 Å². The van der Waals surface area contributed by atoms with E-state index in [1.807, 2.05) is 0 Å². The number of thioether (sulfide) groups is 1. The topological polar surface area (TPSA) is 118 Å². The fourth-order valence-corrected chi connectivity index (χ4v) is 3.06. The molecule has 0 fully saturated rings. The van der Waals surface area contributed by atoms with Gasteiger partial charge in [0.15, 0.2) is 5.65 Å². The zero-order valence-corrected chi connectivity index (χ0v) is 12.4. The van der Waals surface area contributed by atoms with E-state index in [9.17, 15) is 14.9 Å². The first kappa shape index (κ1) is 14.5. The molecule has 0 radical (unpaired) electrons. The van der Waals surface area contributed by atoms with Gasteiger partial charge in [-0.25, -0.2) is 9.78 Å². The van der Waals surface area contributed by atoms with Crippen molar-refractivity contribution in [2.45, 2.75) is 10.8 Å². The van der Waals surface area contributed by atoms with Crippen molar-refractivity contribution < 1.29 is 4.92 Å². The Bertz CT molecular complexity index is 923. The molecule has 22 heavy (non-hydrogen) atoms. The molecule has 0 aliphatic rings. The van der Waals surface area contributed by atoms with Crippen LogP contribution in [-0.2, 0) is 5.75 Å². The second-order valence-corrected chi connectivity index (χ2v) is 5.69. The number of nitro benzene ring substituents is 1. The fourth-order valence-electron chi connectivity index (χ4n) is 1.91. The number of hydrogen-bond donors (Lipinski definition) is 2. The summed E-state index contributed by atoms with van der Waals surface area (Å²) in [5.41, 5.74) is 0.891. The van der Waals surface area contributed by atoms with Gasteiger partial charge in [0, 0.05) is 22.4 Å². The number of nitro groups is 1. The number of imidazole rings is 1. The van der Waals surface area contributed by atoms with E-state index in [1.54, 1.807) is 12.1 Å². The Kier molecular flexibility index (Phi) is 3.82. The monoisotopic (exact) mass is 337 g/mol. The number of benzene rings is 1. The summed E-state index contributed by atoms with van der Waals surface area (Å²) in [5.74, 6) is 0.276. The van der Waals surface area contributed by atoms with Crippen LogP contribution in [0.1, 0.15) is 5.56 Å². The van der Waals surface area contributed by atoms with Gasteiger partial charge in [-0.2, -0.15) is 4.98 Å². The quantitative estimate of drug-likeness (QED) is 0.327. The van der Waals surface area contributed by atoms with Crippen LogP contribution in [0.25, 0.3) is 11.2 Å². The first-order chi connectivity index (χ1) is 10.5. The molecule has 0 atom stereocenters. The minimum Gasteiger partial charge on any atom is -0.341 e. The lowest BCUT2D eigenvalue weighted by Crippen LogP contribution is -2.11. The molecule has 0 unspecified atom stereocenters. The molecule has 0 saturated heterocycles. The Labute approximate surface area is 132 Å². The summed E-state index contributed by atoms with van der Waals surface area (Å²) in [6.07, 6.45) is 1.44. The SMILES string of the molecule is O=c1nc(SCc2ccc(Cl)cc2[N+](=O)[O-])c2[nH]cnc2[nH]1. The van der Waals surface area contributed by atoms with E-state index in [2.05, 4.69) is 19.9 Å². The molecular formula is C12H8ClN5O3S. The van der Waals surface area contributed by atoms with Crippen LogP contribution in [0.2, 0.25) is 5.02 Å². The van der Waals surface area contributed by atoms with Crippen molar-refractivity contribution in [3.8, 4) is 0 Å². The van der Waals surface area contributed by atoms with Gasteiger partial charge in [-0.15, -0.1) is 0 Å². The normalized spacial score (nSPS) is 11.0. The maximum atomic E-state index is 11.5. The van der Waals surface area contributed by atoms with E-state index >= 15 is 0 Å². The molecule has 2 N–H and O–H groups in total. The third-order valence-corrected chi connectivity index (χ3v) is 4.15. The average Bonchev–Trinajstić information content (AvgIpc) is 2.93. The van der Waals surface area contributed by atoms with Crippen molar-refractivity contribution >= 4 is 40.2 Å². The van der Waals surface area contributed by atoms with Crippen LogP contribution in [0.3, 0.4) is 0 Å². The number of H-pyrrole nitrogens is 2. The summed E-state index contributed by atoms with van der Waals surface area (Å²) in [6, 6.07) is 4.47. The number of aromatic nitrogens is 4. The maximum absolute atomic E-state index is 11.5. The van der Waals surface area contributed by atoms with E-state index in [0.29, 0.717) is 26.8 Å².